The molecule has 1 aliphatic carbocycles. The maximum atomic E-state index is 12.0. The monoisotopic (exact) mass is 255 g/mol. The molecule has 4 heteroatoms. The number of aromatic amines is 1. The third kappa shape index (κ3) is 2.52. The van der Waals surface area contributed by atoms with E-state index in [9.17, 15) is 4.79 Å². The Balaban J connectivity index is 1.69. The summed E-state index contributed by atoms with van der Waals surface area (Å²) < 4.78 is 0. The van der Waals surface area contributed by atoms with Gasteiger partial charge in [-0.2, -0.15) is 5.10 Å². The molecule has 1 amide bonds. The van der Waals surface area contributed by atoms with E-state index < -0.39 is 0 Å². The van der Waals surface area contributed by atoms with E-state index in [4.69, 9.17) is 0 Å². The van der Waals surface area contributed by atoms with Gasteiger partial charge in [-0.3, -0.25) is 9.89 Å². The minimum atomic E-state index is -0.119. The number of amides is 1. The Morgan fingerprint density at radius 3 is 2.58 bits per heavy atom. The summed E-state index contributed by atoms with van der Waals surface area (Å²) in [6, 6.07) is 9.72. The number of nitrogens with zero attached hydrogens (tertiary/aromatic N) is 1. The number of anilines is 1. The van der Waals surface area contributed by atoms with Gasteiger partial charge < -0.3 is 5.32 Å². The van der Waals surface area contributed by atoms with Crippen LogP contribution in [0.1, 0.15) is 46.8 Å². The van der Waals surface area contributed by atoms with E-state index >= 15 is 0 Å². The van der Waals surface area contributed by atoms with Gasteiger partial charge in [-0.25, -0.2) is 0 Å². The quantitative estimate of drug-likeness (QED) is 0.884. The Morgan fingerprint density at radius 2 is 2.05 bits per heavy atom. The van der Waals surface area contributed by atoms with Crippen LogP contribution in [-0.2, 0) is 0 Å². The average molecular weight is 255 g/mol. The predicted octanol–water partition coefficient (Wildman–Crippen LogP) is 3.24. The minimum Gasteiger partial charge on any atom is -0.305 e. The molecule has 0 unspecified atom stereocenters. The van der Waals surface area contributed by atoms with Gasteiger partial charge in [0.2, 0.25) is 0 Å². The second kappa shape index (κ2) is 4.88. The van der Waals surface area contributed by atoms with E-state index in [1.54, 1.807) is 6.07 Å². The largest absolute Gasteiger partial charge is 0.305 e. The smallest absolute Gasteiger partial charge is 0.256 e. The van der Waals surface area contributed by atoms with Gasteiger partial charge in [0.25, 0.3) is 5.91 Å². The SMILES string of the molecule is Cc1cc(NC(=O)c2ccc(C3CCC3)cc2)n[nH]1. The molecule has 1 fully saturated rings. The number of nitrogens with one attached hydrogen (secondary N) is 2. The molecular weight excluding hydrogens is 238 g/mol. The first-order valence-corrected chi connectivity index (χ1v) is 6.66. The third-order valence-electron chi connectivity index (χ3n) is 3.70. The Hall–Kier alpha value is -2.10. The van der Waals surface area contributed by atoms with Crippen LogP contribution in [0.5, 0.6) is 0 Å². The zero-order chi connectivity index (χ0) is 13.2. The lowest BCUT2D eigenvalue weighted by molar-refractivity contribution is 0.102. The fourth-order valence-electron chi connectivity index (χ4n) is 2.32. The average Bonchev–Trinajstić information content (AvgIpc) is 2.73. The predicted molar refractivity (Wildman–Crippen MR) is 74.3 cm³/mol. The fraction of sp³-hybridized carbons (Fsp3) is 0.333. The first-order valence-electron chi connectivity index (χ1n) is 6.66. The highest BCUT2D eigenvalue weighted by molar-refractivity contribution is 6.03. The molecule has 0 saturated heterocycles. The van der Waals surface area contributed by atoms with Crippen LogP contribution in [0.2, 0.25) is 0 Å². The first-order chi connectivity index (χ1) is 9.22. The Kier molecular flexibility index (Phi) is 3.07. The molecule has 1 aromatic heterocycles. The second-order valence-corrected chi connectivity index (χ2v) is 5.14. The standard InChI is InChI=1S/C15H17N3O/c1-10-9-14(18-17-10)16-15(19)13-7-5-12(6-8-13)11-3-2-4-11/h5-9,11H,2-4H2,1H3,(H2,16,17,18,19). The van der Waals surface area contributed by atoms with Gasteiger partial charge in [0.1, 0.15) is 0 Å². The molecule has 1 aliphatic rings. The van der Waals surface area contributed by atoms with Gasteiger partial charge >= 0.3 is 0 Å². The van der Waals surface area contributed by atoms with Gasteiger partial charge in [0.15, 0.2) is 5.82 Å². The third-order valence-corrected chi connectivity index (χ3v) is 3.70. The Bertz CT molecular complexity index is 582. The highest BCUT2D eigenvalue weighted by atomic mass is 16.1. The lowest BCUT2D eigenvalue weighted by atomic mass is 9.80. The highest BCUT2D eigenvalue weighted by Gasteiger charge is 2.19. The second-order valence-electron chi connectivity index (χ2n) is 5.14. The molecule has 1 aromatic carbocycles. The summed E-state index contributed by atoms with van der Waals surface area (Å²) in [6.45, 7) is 1.90. The van der Waals surface area contributed by atoms with Crippen molar-refractivity contribution in [1.29, 1.82) is 0 Å². The molecule has 98 valence electrons. The molecule has 0 bridgehead atoms. The molecule has 3 rings (SSSR count). The van der Waals surface area contributed by atoms with Gasteiger partial charge in [-0.1, -0.05) is 18.6 Å². The summed E-state index contributed by atoms with van der Waals surface area (Å²) in [5, 5.41) is 9.57. The molecule has 4 nitrogen and oxygen atoms in total. The molecular formula is C15H17N3O. The van der Waals surface area contributed by atoms with Crippen LogP contribution in [0.3, 0.4) is 0 Å². The number of rotatable bonds is 3. The minimum absolute atomic E-state index is 0.119. The molecule has 0 radical (unpaired) electrons. The van der Waals surface area contributed by atoms with E-state index in [1.165, 1.54) is 24.8 Å². The number of H-pyrrole nitrogens is 1. The van der Waals surface area contributed by atoms with Crippen molar-refractivity contribution in [2.24, 2.45) is 0 Å². The van der Waals surface area contributed by atoms with Crippen LogP contribution in [0.15, 0.2) is 30.3 Å². The highest BCUT2D eigenvalue weighted by Crippen LogP contribution is 2.36. The van der Waals surface area contributed by atoms with Crippen molar-refractivity contribution in [2.45, 2.75) is 32.1 Å². The number of hydrogen-bond acceptors (Lipinski definition) is 2. The van der Waals surface area contributed by atoms with Gasteiger partial charge in [0.05, 0.1) is 0 Å². The van der Waals surface area contributed by atoms with Crippen molar-refractivity contribution in [3.8, 4) is 0 Å². The van der Waals surface area contributed by atoms with Crippen molar-refractivity contribution in [3.05, 3.63) is 47.2 Å². The fourth-order valence-corrected chi connectivity index (χ4v) is 2.32. The van der Waals surface area contributed by atoms with Gasteiger partial charge in [-0.05, 0) is 43.4 Å². The van der Waals surface area contributed by atoms with Crippen molar-refractivity contribution in [3.63, 3.8) is 0 Å². The zero-order valence-corrected chi connectivity index (χ0v) is 10.9. The van der Waals surface area contributed by atoms with Gasteiger partial charge in [-0.15, -0.1) is 0 Å². The van der Waals surface area contributed by atoms with Gasteiger partial charge in [0, 0.05) is 17.3 Å². The molecule has 2 N–H and O–H groups in total. The molecule has 1 saturated carbocycles. The van der Waals surface area contributed by atoms with Crippen LogP contribution in [0.25, 0.3) is 0 Å². The summed E-state index contributed by atoms with van der Waals surface area (Å²) in [5.41, 5.74) is 2.94. The van der Waals surface area contributed by atoms with Crippen molar-refractivity contribution in [1.82, 2.24) is 10.2 Å². The van der Waals surface area contributed by atoms with Crippen molar-refractivity contribution >= 4 is 11.7 Å². The molecule has 1 heterocycles. The summed E-state index contributed by atoms with van der Waals surface area (Å²) in [5.74, 6) is 1.14. The van der Waals surface area contributed by atoms with Crippen molar-refractivity contribution < 1.29 is 4.79 Å². The lowest BCUT2D eigenvalue weighted by Gasteiger charge is -2.25. The summed E-state index contributed by atoms with van der Waals surface area (Å²) >= 11 is 0. The summed E-state index contributed by atoms with van der Waals surface area (Å²) in [6.07, 6.45) is 3.88. The van der Waals surface area contributed by atoms with Crippen LogP contribution in [0, 0.1) is 6.92 Å². The number of carbonyl (C=O) groups excluding carboxylic acids is 1. The van der Waals surface area contributed by atoms with E-state index in [0.29, 0.717) is 17.3 Å². The lowest BCUT2D eigenvalue weighted by Crippen LogP contribution is -2.13. The Labute approximate surface area is 112 Å². The van der Waals surface area contributed by atoms with Crippen LogP contribution in [0.4, 0.5) is 5.82 Å². The zero-order valence-electron chi connectivity index (χ0n) is 10.9. The number of hydrogen-bond donors (Lipinski definition) is 2. The van der Waals surface area contributed by atoms with Crippen LogP contribution in [-0.4, -0.2) is 16.1 Å². The molecule has 19 heavy (non-hydrogen) atoms. The molecule has 0 atom stereocenters. The van der Waals surface area contributed by atoms with E-state index in [-0.39, 0.29) is 5.91 Å². The first kappa shape index (κ1) is 12.0. The van der Waals surface area contributed by atoms with Crippen LogP contribution < -0.4 is 5.32 Å². The number of benzene rings is 1. The Morgan fingerprint density at radius 1 is 1.32 bits per heavy atom. The molecule has 0 spiro atoms. The topological polar surface area (TPSA) is 57.8 Å². The maximum Gasteiger partial charge on any atom is 0.256 e. The summed E-state index contributed by atoms with van der Waals surface area (Å²) in [4.78, 5) is 12.0. The van der Waals surface area contributed by atoms with E-state index in [2.05, 4.69) is 27.6 Å². The normalized spacial score (nSPS) is 15.0. The van der Waals surface area contributed by atoms with Crippen molar-refractivity contribution in [2.75, 3.05) is 5.32 Å². The maximum absolute atomic E-state index is 12.0. The van der Waals surface area contributed by atoms with E-state index in [0.717, 1.165) is 5.69 Å². The van der Waals surface area contributed by atoms with Crippen LogP contribution >= 0.6 is 0 Å². The number of aryl methyl sites for hydroxylation is 1. The molecule has 0 aliphatic heterocycles. The summed E-state index contributed by atoms with van der Waals surface area (Å²) in [7, 11) is 0. The van der Waals surface area contributed by atoms with E-state index in [1.807, 2.05) is 19.1 Å². The number of aromatic nitrogens is 2. The molecule has 2 aromatic rings. The number of carbonyl (C=O) groups is 1.